The van der Waals surface area contributed by atoms with Gasteiger partial charge in [0, 0.05) is 24.0 Å². The Kier molecular flexibility index (Phi) is 11.8. The van der Waals surface area contributed by atoms with Crippen LogP contribution in [0.5, 0.6) is 5.75 Å². The maximum Gasteiger partial charge on any atom is 0.264 e. The highest BCUT2D eigenvalue weighted by atomic mass is 35.5. The Morgan fingerprint density at radius 2 is 1.54 bits per heavy atom. The number of benzene rings is 4. The molecule has 0 aliphatic heterocycles. The number of nitrogens with one attached hydrogen (secondary N) is 1. The fourth-order valence-electron chi connectivity index (χ4n) is 6.04. The Morgan fingerprint density at radius 1 is 0.875 bits per heavy atom. The Balaban J connectivity index is 1.57. The van der Waals surface area contributed by atoms with Crippen molar-refractivity contribution in [2.24, 2.45) is 0 Å². The molecule has 0 spiro atoms. The molecule has 1 atom stereocenters. The second-order valence-corrected chi connectivity index (χ2v) is 14.5. The predicted octanol–water partition coefficient (Wildman–Crippen LogP) is 6.94. The lowest BCUT2D eigenvalue weighted by Gasteiger charge is -2.35. The molecular weight excluding hydrogens is 646 g/mol. The largest absolute Gasteiger partial charge is 0.497 e. The van der Waals surface area contributed by atoms with Crippen molar-refractivity contribution in [1.82, 2.24) is 10.2 Å². The minimum atomic E-state index is -4.22. The van der Waals surface area contributed by atoms with Crippen LogP contribution < -0.4 is 14.4 Å². The van der Waals surface area contributed by atoms with Crippen LogP contribution in [0.2, 0.25) is 5.02 Å². The average Bonchev–Trinajstić information content (AvgIpc) is 3.10. The number of carbonyl (C=O) groups is 2. The van der Waals surface area contributed by atoms with Gasteiger partial charge in [-0.1, -0.05) is 91.0 Å². The van der Waals surface area contributed by atoms with Gasteiger partial charge in [0.15, 0.2) is 0 Å². The number of amides is 2. The van der Waals surface area contributed by atoms with E-state index in [1.165, 1.54) is 29.2 Å². The highest BCUT2D eigenvalue weighted by Gasteiger charge is 2.35. The van der Waals surface area contributed by atoms with Gasteiger partial charge in [0.05, 0.1) is 17.7 Å². The number of rotatable bonds is 13. The summed E-state index contributed by atoms with van der Waals surface area (Å²) in [6.07, 6.45) is 5.23. The summed E-state index contributed by atoms with van der Waals surface area (Å²) >= 11 is 6.08. The molecule has 4 aromatic carbocycles. The summed E-state index contributed by atoms with van der Waals surface area (Å²) < 4.78 is 35.0. The van der Waals surface area contributed by atoms with Crippen molar-refractivity contribution in [1.29, 1.82) is 0 Å². The summed E-state index contributed by atoms with van der Waals surface area (Å²) in [5, 5.41) is 3.63. The summed E-state index contributed by atoms with van der Waals surface area (Å²) in [6.45, 7) is 1.44. The lowest BCUT2D eigenvalue weighted by atomic mass is 9.94. The third-order valence-corrected chi connectivity index (χ3v) is 10.8. The third kappa shape index (κ3) is 8.96. The molecule has 5 rings (SSSR count). The maximum absolute atomic E-state index is 14.7. The first-order valence-corrected chi connectivity index (χ1v) is 18.1. The molecule has 1 N–H and O–H groups in total. The van der Waals surface area contributed by atoms with E-state index in [2.05, 4.69) is 5.32 Å². The van der Waals surface area contributed by atoms with E-state index in [9.17, 15) is 18.0 Å². The van der Waals surface area contributed by atoms with Crippen molar-refractivity contribution in [2.75, 3.05) is 18.0 Å². The number of ether oxygens (including phenoxy) is 1. The van der Waals surface area contributed by atoms with Crippen LogP contribution in [0, 0.1) is 6.92 Å². The number of carbonyl (C=O) groups excluding carboxylic acids is 2. The van der Waals surface area contributed by atoms with Gasteiger partial charge < -0.3 is 15.0 Å². The first kappa shape index (κ1) is 35.0. The second kappa shape index (κ2) is 16.2. The molecule has 8 nitrogen and oxygen atoms in total. The highest BCUT2D eigenvalue weighted by Crippen LogP contribution is 2.27. The zero-order valence-electron chi connectivity index (χ0n) is 27.3. The summed E-state index contributed by atoms with van der Waals surface area (Å²) in [7, 11) is -2.65. The van der Waals surface area contributed by atoms with Crippen molar-refractivity contribution in [3.63, 3.8) is 0 Å². The number of aryl methyl sites for hydroxylation is 1. The molecule has 0 aromatic heterocycles. The predicted molar refractivity (Wildman–Crippen MR) is 190 cm³/mol. The molecule has 0 saturated heterocycles. The van der Waals surface area contributed by atoms with Gasteiger partial charge in [-0.2, -0.15) is 0 Å². The normalized spacial score (nSPS) is 14.1. The first-order valence-electron chi connectivity index (χ1n) is 16.3. The molecule has 4 aromatic rings. The lowest BCUT2D eigenvalue weighted by Crippen LogP contribution is -2.55. The van der Waals surface area contributed by atoms with Crippen LogP contribution in [0.4, 0.5) is 5.69 Å². The molecule has 1 fully saturated rings. The summed E-state index contributed by atoms with van der Waals surface area (Å²) in [6, 6.07) is 28.8. The minimum absolute atomic E-state index is 0.00417. The van der Waals surface area contributed by atoms with Gasteiger partial charge in [0.25, 0.3) is 10.0 Å². The van der Waals surface area contributed by atoms with E-state index in [-0.39, 0.29) is 29.8 Å². The van der Waals surface area contributed by atoms with E-state index in [1.54, 1.807) is 31.4 Å². The standard InChI is InChI=1S/C38H42ClN3O5S/c1-28-16-20-33(21-17-28)42(48(45,46)35-22-18-31(39)19-23-35)27-37(43)41(26-30-12-9-15-34(24-30)47-2)36(25-29-10-5-3-6-11-29)38(44)40-32-13-7-4-8-14-32/h3,5-6,9-12,15-24,32,36H,4,7-8,13-14,25-27H2,1-2H3,(H,40,44)/t36-/m1/s1. The van der Waals surface area contributed by atoms with Crippen LogP contribution in [0.15, 0.2) is 108 Å². The Hall–Kier alpha value is -4.34. The molecule has 48 heavy (non-hydrogen) atoms. The number of nitrogens with zero attached hydrogens (tertiary/aromatic N) is 2. The molecule has 1 aliphatic rings. The number of hydrogen-bond acceptors (Lipinski definition) is 5. The Labute approximate surface area is 288 Å². The van der Waals surface area contributed by atoms with Crippen molar-refractivity contribution < 1.29 is 22.7 Å². The van der Waals surface area contributed by atoms with E-state index in [4.69, 9.17) is 16.3 Å². The topological polar surface area (TPSA) is 96.0 Å². The summed E-state index contributed by atoms with van der Waals surface area (Å²) in [4.78, 5) is 30.5. The maximum atomic E-state index is 14.7. The summed E-state index contributed by atoms with van der Waals surface area (Å²) in [5.41, 5.74) is 2.90. The third-order valence-electron chi connectivity index (χ3n) is 8.71. The Bertz CT molecular complexity index is 1780. The number of halogens is 1. The van der Waals surface area contributed by atoms with E-state index < -0.39 is 28.5 Å². The van der Waals surface area contributed by atoms with Gasteiger partial charge in [-0.15, -0.1) is 0 Å². The van der Waals surface area contributed by atoms with Crippen LogP contribution in [0.3, 0.4) is 0 Å². The Morgan fingerprint density at radius 3 is 2.21 bits per heavy atom. The number of methoxy groups -OCH3 is 1. The zero-order chi connectivity index (χ0) is 34.1. The lowest BCUT2D eigenvalue weighted by molar-refractivity contribution is -0.140. The van der Waals surface area contributed by atoms with Crippen LogP contribution in [-0.2, 0) is 32.6 Å². The SMILES string of the molecule is COc1cccc(CN(C(=O)CN(c2ccc(C)cc2)S(=O)(=O)c2ccc(Cl)cc2)[C@H](Cc2ccccc2)C(=O)NC2CCCCC2)c1. The van der Waals surface area contributed by atoms with Gasteiger partial charge in [0.2, 0.25) is 11.8 Å². The number of hydrogen-bond donors (Lipinski definition) is 1. The van der Waals surface area contributed by atoms with Gasteiger partial charge in [-0.05, 0) is 79.4 Å². The van der Waals surface area contributed by atoms with Gasteiger partial charge in [-0.3, -0.25) is 13.9 Å². The van der Waals surface area contributed by atoms with E-state index in [0.717, 1.165) is 53.1 Å². The van der Waals surface area contributed by atoms with Crippen molar-refractivity contribution >= 4 is 39.1 Å². The van der Waals surface area contributed by atoms with Crippen LogP contribution >= 0.6 is 11.6 Å². The molecule has 0 bridgehead atoms. The quantitative estimate of drug-likeness (QED) is 0.164. The van der Waals surface area contributed by atoms with Gasteiger partial charge in [0.1, 0.15) is 18.3 Å². The number of sulfonamides is 1. The molecule has 2 amide bonds. The first-order chi connectivity index (χ1) is 23.1. The molecule has 1 saturated carbocycles. The van der Waals surface area contributed by atoms with Crippen LogP contribution in [0.1, 0.15) is 48.8 Å². The van der Waals surface area contributed by atoms with Crippen molar-refractivity contribution in [2.45, 2.75) is 69.0 Å². The van der Waals surface area contributed by atoms with Crippen molar-refractivity contribution in [3.05, 3.63) is 125 Å². The average molecular weight is 688 g/mol. The second-order valence-electron chi connectivity index (χ2n) is 12.2. The molecule has 252 valence electrons. The highest BCUT2D eigenvalue weighted by molar-refractivity contribution is 7.92. The summed E-state index contributed by atoms with van der Waals surface area (Å²) in [5.74, 6) is -0.169. The number of anilines is 1. The zero-order valence-corrected chi connectivity index (χ0v) is 28.9. The molecule has 1 aliphatic carbocycles. The van der Waals surface area contributed by atoms with Crippen LogP contribution in [-0.4, -0.2) is 50.9 Å². The van der Waals surface area contributed by atoms with Crippen molar-refractivity contribution in [3.8, 4) is 5.75 Å². The molecular formula is C38H42ClN3O5S. The molecule has 10 heteroatoms. The molecule has 0 radical (unpaired) electrons. The minimum Gasteiger partial charge on any atom is -0.497 e. The monoisotopic (exact) mass is 687 g/mol. The molecule has 0 heterocycles. The fraction of sp³-hybridized carbons (Fsp3) is 0.316. The molecule has 0 unspecified atom stereocenters. The van der Waals surface area contributed by atoms with Gasteiger partial charge in [-0.25, -0.2) is 8.42 Å². The van der Waals surface area contributed by atoms with E-state index in [0.29, 0.717) is 16.5 Å². The fourth-order valence-corrected chi connectivity index (χ4v) is 7.58. The van der Waals surface area contributed by atoms with Crippen LogP contribution in [0.25, 0.3) is 0 Å². The van der Waals surface area contributed by atoms with E-state index >= 15 is 0 Å². The van der Waals surface area contributed by atoms with E-state index in [1.807, 2.05) is 61.5 Å². The van der Waals surface area contributed by atoms with Gasteiger partial charge >= 0.3 is 0 Å². The smallest absolute Gasteiger partial charge is 0.264 e.